The maximum absolute atomic E-state index is 12.4. The van der Waals surface area contributed by atoms with E-state index in [1.807, 2.05) is 32.0 Å². The van der Waals surface area contributed by atoms with Gasteiger partial charge in [0.25, 0.3) is 0 Å². The Morgan fingerprint density at radius 3 is 2.28 bits per heavy atom. The third-order valence-electron chi connectivity index (χ3n) is 5.51. The van der Waals surface area contributed by atoms with Crippen molar-refractivity contribution in [3.63, 3.8) is 0 Å². The maximum Gasteiger partial charge on any atom is 0.315 e. The summed E-state index contributed by atoms with van der Waals surface area (Å²) in [6.45, 7) is 4.26. The standard InChI is InChI=1S/C23H30N4O2/c1-14-10-18(22(25)28)11-15(2)20(14)12-19(24)13-26-23(29)27-21(17-8-9-17)16-6-4-3-5-7-16/h3-7,10-11,17,19,21H,8-9,12-13,24H2,1-2H3,(H2,25,28)(H2,26,27,29). The van der Waals surface area contributed by atoms with Crippen LogP contribution in [0.25, 0.3) is 0 Å². The lowest BCUT2D eigenvalue weighted by atomic mass is 9.94. The van der Waals surface area contributed by atoms with Crippen molar-refractivity contribution in [2.24, 2.45) is 17.4 Å². The van der Waals surface area contributed by atoms with E-state index in [4.69, 9.17) is 11.5 Å². The number of carbonyl (C=O) groups is 2. The average molecular weight is 395 g/mol. The molecule has 2 aromatic rings. The van der Waals surface area contributed by atoms with Crippen molar-refractivity contribution in [2.75, 3.05) is 6.54 Å². The van der Waals surface area contributed by atoms with Gasteiger partial charge in [-0.1, -0.05) is 30.3 Å². The Hall–Kier alpha value is -2.86. The molecule has 0 heterocycles. The van der Waals surface area contributed by atoms with Crippen molar-refractivity contribution in [2.45, 2.75) is 45.2 Å². The highest BCUT2D eigenvalue weighted by Gasteiger charge is 2.33. The van der Waals surface area contributed by atoms with Crippen molar-refractivity contribution < 1.29 is 9.59 Å². The first-order valence-electron chi connectivity index (χ1n) is 10.1. The molecule has 0 spiro atoms. The zero-order valence-corrected chi connectivity index (χ0v) is 17.1. The Balaban J connectivity index is 1.54. The van der Waals surface area contributed by atoms with E-state index in [-0.39, 0.29) is 18.1 Å². The molecule has 2 atom stereocenters. The van der Waals surface area contributed by atoms with E-state index in [0.29, 0.717) is 24.4 Å². The van der Waals surface area contributed by atoms with E-state index in [0.717, 1.165) is 35.1 Å². The van der Waals surface area contributed by atoms with Gasteiger partial charge in [0.1, 0.15) is 0 Å². The largest absolute Gasteiger partial charge is 0.366 e. The van der Waals surface area contributed by atoms with E-state index in [1.54, 1.807) is 12.1 Å². The van der Waals surface area contributed by atoms with E-state index in [2.05, 4.69) is 22.8 Å². The molecule has 6 nitrogen and oxygen atoms in total. The highest BCUT2D eigenvalue weighted by Crippen LogP contribution is 2.40. The second-order valence-corrected chi connectivity index (χ2v) is 8.00. The third-order valence-corrected chi connectivity index (χ3v) is 5.51. The van der Waals surface area contributed by atoms with Crippen LogP contribution >= 0.6 is 0 Å². The fourth-order valence-corrected chi connectivity index (χ4v) is 3.77. The first kappa shape index (κ1) is 20.9. The molecule has 3 rings (SSSR count). The zero-order valence-electron chi connectivity index (χ0n) is 17.1. The summed E-state index contributed by atoms with van der Waals surface area (Å²) in [6, 6.07) is 13.3. The van der Waals surface area contributed by atoms with E-state index in [9.17, 15) is 9.59 Å². The predicted molar refractivity (Wildman–Crippen MR) is 115 cm³/mol. The maximum atomic E-state index is 12.4. The molecule has 0 aromatic heterocycles. The number of hydrogen-bond acceptors (Lipinski definition) is 3. The van der Waals surface area contributed by atoms with Crippen molar-refractivity contribution >= 4 is 11.9 Å². The molecule has 0 radical (unpaired) electrons. The summed E-state index contributed by atoms with van der Waals surface area (Å²) in [6.07, 6.45) is 2.89. The molecular formula is C23H30N4O2. The van der Waals surface area contributed by atoms with Gasteiger partial charge >= 0.3 is 6.03 Å². The van der Waals surface area contributed by atoms with E-state index < -0.39 is 5.91 Å². The normalized spacial score (nSPS) is 15.4. The van der Waals surface area contributed by atoms with Crippen LogP contribution in [0.15, 0.2) is 42.5 Å². The van der Waals surface area contributed by atoms with Crippen LogP contribution in [0, 0.1) is 19.8 Å². The first-order valence-corrected chi connectivity index (χ1v) is 10.1. The van der Waals surface area contributed by atoms with Gasteiger partial charge in [0.05, 0.1) is 6.04 Å². The third kappa shape index (κ3) is 5.57. The van der Waals surface area contributed by atoms with Crippen LogP contribution in [0.1, 0.15) is 51.5 Å². The summed E-state index contributed by atoms with van der Waals surface area (Å²) in [4.78, 5) is 23.8. The minimum absolute atomic E-state index is 0.0401. The van der Waals surface area contributed by atoms with Crippen molar-refractivity contribution in [3.05, 3.63) is 70.3 Å². The van der Waals surface area contributed by atoms with Gasteiger partial charge in [0.15, 0.2) is 0 Å². The van der Waals surface area contributed by atoms with E-state index >= 15 is 0 Å². The first-order chi connectivity index (χ1) is 13.8. The number of hydrogen-bond donors (Lipinski definition) is 4. The molecule has 6 N–H and O–H groups in total. The number of nitrogens with two attached hydrogens (primary N) is 2. The lowest BCUT2D eigenvalue weighted by Gasteiger charge is -2.21. The molecule has 1 fully saturated rings. The minimum Gasteiger partial charge on any atom is -0.366 e. The number of nitrogens with one attached hydrogen (secondary N) is 2. The summed E-state index contributed by atoms with van der Waals surface area (Å²) in [7, 11) is 0. The average Bonchev–Trinajstić information content (AvgIpc) is 3.53. The molecule has 29 heavy (non-hydrogen) atoms. The van der Waals surface area contributed by atoms with Crippen LogP contribution in [0.4, 0.5) is 4.79 Å². The highest BCUT2D eigenvalue weighted by atomic mass is 16.2. The van der Waals surface area contributed by atoms with Gasteiger partial charge in [-0.15, -0.1) is 0 Å². The molecule has 0 saturated heterocycles. The summed E-state index contributed by atoms with van der Waals surface area (Å²) < 4.78 is 0. The van der Waals surface area contributed by atoms with Gasteiger partial charge < -0.3 is 22.1 Å². The lowest BCUT2D eigenvalue weighted by Crippen LogP contribution is -2.44. The molecule has 2 aromatic carbocycles. The number of primary amides is 1. The Labute approximate surface area is 172 Å². The topological polar surface area (TPSA) is 110 Å². The smallest absolute Gasteiger partial charge is 0.315 e. The fraction of sp³-hybridized carbons (Fsp3) is 0.391. The highest BCUT2D eigenvalue weighted by molar-refractivity contribution is 5.93. The Bertz CT molecular complexity index is 855. The lowest BCUT2D eigenvalue weighted by molar-refractivity contribution is 0.1000. The second-order valence-electron chi connectivity index (χ2n) is 8.00. The van der Waals surface area contributed by atoms with Crippen LogP contribution in [0.5, 0.6) is 0 Å². The number of rotatable bonds is 8. The molecule has 3 amide bonds. The summed E-state index contributed by atoms with van der Waals surface area (Å²) >= 11 is 0. The molecule has 0 aliphatic heterocycles. The summed E-state index contributed by atoms with van der Waals surface area (Å²) in [5.41, 5.74) is 16.3. The van der Waals surface area contributed by atoms with E-state index in [1.165, 1.54) is 0 Å². The SMILES string of the molecule is Cc1cc(C(N)=O)cc(C)c1CC(N)CNC(=O)NC(c1ccccc1)C1CC1. The Kier molecular flexibility index (Phi) is 6.54. The van der Waals surface area contributed by atoms with Crippen molar-refractivity contribution in [1.82, 2.24) is 10.6 Å². The van der Waals surface area contributed by atoms with Gasteiger partial charge in [-0.25, -0.2) is 4.79 Å². The number of aryl methyl sites for hydroxylation is 2. The predicted octanol–water partition coefficient (Wildman–Crippen LogP) is 2.72. The van der Waals surface area contributed by atoms with Crippen LogP contribution in [0.3, 0.4) is 0 Å². The Morgan fingerprint density at radius 1 is 1.10 bits per heavy atom. The van der Waals surface area contributed by atoms with Gasteiger partial charge in [0.2, 0.25) is 5.91 Å². The molecule has 0 bridgehead atoms. The summed E-state index contributed by atoms with van der Waals surface area (Å²) in [5.74, 6) is 0.0694. The molecule has 1 aliphatic carbocycles. The van der Waals surface area contributed by atoms with Crippen molar-refractivity contribution in [3.8, 4) is 0 Å². The monoisotopic (exact) mass is 394 g/mol. The molecular weight excluding hydrogens is 364 g/mol. The zero-order chi connectivity index (χ0) is 21.0. The molecule has 6 heteroatoms. The van der Waals surface area contributed by atoms with Crippen LogP contribution in [0.2, 0.25) is 0 Å². The number of benzene rings is 2. The van der Waals surface area contributed by atoms with Crippen LogP contribution in [-0.4, -0.2) is 24.5 Å². The van der Waals surface area contributed by atoms with Gasteiger partial charge in [0, 0.05) is 18.2 Å². The molecule has 154 valence electrons. The van der Waals surface area contributed by atoms with Gasteiger partial charge in [-0.3, -0.25) is 4.79 Å². The van der Waals surface area contributed by atoms with Crippen LogP contribution < -0.4 is 22.1 Å². The number of amides is 3. The number of urea groups is 1. The second kappa shape index (κ2) is 9.09. The Morgan fingerprint density at radius 2 is 1.72 bits per heavy atom. The van der Waals surface area contributed by atoms with Gasteiger partial charge in [-0.05, 0) is 73.4 Å². The van der Waals surface area contributed by atoms with Crippen LogP contribution in [-0.2, 0) is 6.42 Å². The quantitative estimate of drug-likeness (QED) is 0.552. The summed E-state index contributed by atoms with van der Waals surface area (Å²) in [5, 5.41) is 6.01. The molecule has 1 aliphatic rings. The molecule has 2 unspecified atom stereocenters. The fourth-order valence-electron chi connectivity index (χ4n) is 3.77. The molecule has 1 saturated carbocycles. The van der Waals surface area contributed by atoms with Gasteiger partial charge in [-0.2, -0.15) is 0 Å². The number of carbonyl (C=O) groups excluding carboxylic acids is 2. The minimum atomic E-state index is -0.436. The van der Waals surface area contributed by atoms with Crippen molar-refractivity contribution in [1.29, 1.82) is 0 Å².